The number of H-pyrrole nitrogens is 2. The van der Waals surface area contributed by atoms with Gasteiger partial charge in [-0.3, -0.25) is 0 Å². The largest absolute Gasteiger partial charge is 0.444 e. The highest BCUT2D eigenvalue weighted by Gasteiger charge is 2.47. The molecule has 4 N–H and O–H groups in total. The Morgan fingerprint density at radius 1 is 0.679 bits per heavy atom. The molecule has 2 aliphatic carbocycles. The monoisotopic (exact) mass is 753 g/mol. The fourth-order valence-electron chi connectivity index (χ4n) is 7.75. The topological polar surface area (TPSA) is 147 Å². The van der Waals surface area contributed by atoms with E-state index in [9.17, 15) is 9.59 Å². The lowest BCUT2D eigenvalue weighted by atomic mass is 10.0. The molecule has 1 saturated carbocycles. The normalized spacial score (nSPS) is 19.4. The van der Waals surface area contributed by atoms with Crippen LogP contribution in [0.3, 0.4) is 0 Å². The first-order valence-electron chi connectivity index (χ1n) is 19.6. The highest BCUT2D eigenvalue weighted by atomic mass is 16.6. The van der Waals surface area contributed by atoms with Crippen molar-refractivity contribution < 1.29 is 19.1 Å². The van der Waals surface area contributed by atoms with Crippen LogP contribution >= 0.6 is 0 Å². The predicted octanol–water partition coefficient (Wildman–Crippen LogP) is 9.57. The molecule has 0 spiro atoms. The minimum atomic E-state index is -0.525. The Labute approximate surface area is 327 Å². The van der Waals surface area contributed by atoms with Crippen molar-refractivity contribution in [3.63, 3.8) is 0 Å². The predicted molar refractivity (Wildman–Crippen MR) is 220 cm³/mol. The smallest absolute Gasteiger partial charge is 0.408 e. The fourth-order valence-corrected chi connectivity index (χ4v) is 7.75. The summed E-state index contributed by atoms with van der Waals surface area (Å²) in [4.78, 5) is 46.2. The van der Waals surface area contributed by atoms with Gasteiger partial charge in [0.15, 0.2) is 0 Å². The van der Waals surface area contributed by atoms with E-state index < -0.39 is 11.2 Å². The van der Waals surface area contributed by atoms with Crippen molar-refractivity contribution in [1.82, 2.24) is 35.6 Å². The lowest BCUT2D eigenvalue weighted by Crippen LogP contribution is -2.35. The summed E-state index contributed by atoms with van der Waals surface area (Å²) >= 11 is 0. The maximum absolute atomic E-state index is 12.2. The van der Waals surface area contributed by atoms with E-state index in [0.29, 0.717) is 11.8 Å². The molecule has 1 fully saturated rings. The second kappa shape index (κ2) is 14.1. The summed E-state index contributed by atoms with van der Waals surface area (Å²) in [5.74, 6) is 2.71. The van der Waals surface area contributed by atoms with Crippen LogP contribution in [0.2, 0.25) is 0 Å². The van der Waals surface area contributed by atoms with Gasteiger partial charge in [-0.25, -0.2) is 24.5 Å². The number of aromatic amines is 2. The SMILES string of the molecule is CC1=C(CCc2nc3ccc(-c4ccc5cc(-c6ccc7nc(CCC8C(C)C8NC(=O)OC(C)(C)C)[nH]c7c6)ccc5n4)cc3[nH]2)C1NC(=O)OC(C)(C)C. The lowest BCUT2D eigenvalue weighted by Gasteiger charge is -2.20. The number of nitrogens with zero attached hydrogens (tertiary/aromatic N) is 3. The molecule has 0 bridgehead atoms. The van der Waals surface area contributed by atoms with Gasteiger partial charge in [0.05, 0.1) is 39.3 Å². The molecule has 11 heteroatoms. The summed E-state index contributed by atoms with van der Waals surface area (Å²) in [6.07, 6.45) is 2.60. The van der Waals surface area contributed by atoms with Crippen molar-refractivity contribution in [1.29, 1.82) is 0 Å². The Kier molecular flexibility index (Phi) is 9.37. The molecule has 8 rings (SSSR count). The maximum atomic E-state index is 12.2. The Balaban J connectivity index is 0.890. The van der Waals surface area contributed by atoms with E-state index in [0.717, 1.165) is 92.7 Å². The Morgan fingerprint density at radius 2 is 1.25 bits per heavy atom. The molecule has 0 saturated heterocycles. The van der Waals surface area contributed by atoms with Crippen LogP contribution in [0.5, 0.6) is 0 Å². The third-order valence-electron chi connectivity index (χ3n) is 10.8. The van der Waals surface area contributed by atoms with Crippen molar-refractivity contribution in [2.75, 3.05) is 0 Å². The van der Waals surface area contributed by atoms with E-state index in [4.69, 9.17) is 24.4 Å². The summed E-state index contributed by atoms with van der Waals surface area (Å²) in [5, 5.41) is 7.06. The molecule has 3 aromatic heterocycles. The number of hydrogen-bond acceptors (Lipinski definition) is 7. The molecular weight excluding hydrogens is 703 g/mol. The first-order chi connectivity index (χ1) is 26.6. The number of nitrogens with one attached hydrogen (secondary N) is 4. The third-order valence-corrected chi connectivity index (χ3v) is 10.8. The van der Waals surface area contributed by atoms with Crippen LogP contribution in [-0.4, -0.2) is 60.4 Å². The van der Waals surface area contributed by atoms with Crippen molar-refractivity contribution in [2.24, 2.45) is 11.8 Å². The number of alkyl carbamates (subject to hydrolysis) is 2. The number of aryl methyl sites for hydroxylation is 2. The van der Waals surface area contributed by atoms with Gasteiger partial charge in [0, 0.05) is 29.8 Å². The number of rotatable bonds is 10. The van der Waals surface area contributed by atoms with Gasteiger partial charge in [-0.05, 0) is 138 Å². The number of carbonyl (C=O) groups excluding carboxylic acids is 2. The molecule has 56 heavy (non-hydrogen) atoms. The van der Waals surface area contributed by atoms with Gasteiger partial charge in [0.1, 0.15) is 22.9 Å². The van der Waals surface area contributed by atoms with Gasteiger partial charge in [0.25, 0.3) is 0 Å². The van der Waals surface area contributed by atoms with E-state index in [1.54, 1.807) is 0 Å². The average molecular weight is 754 g/mol. The molecule has 2 amide bonds. The molecule has 3 aromatic carbocycles. The number of carbonyl (C=O) groups is 2. The van der Waals surface area contributed by atoms with Crippen molar-refractivity contribution in [3.05, 3.63) is 89.5 Å². The van der Waals surface area contributed by atoms with Gasteiger partial charge in [0.2, 0.25) is 0 Å². The third kappa shape index (κ3) is 8.27. The number of imidazole rings is 2. The number of hydrogen-bond donors (Lipinski definition) is 4. The van der Waals surface area contributed by atoms with Gasteiger partial charge < -0.3 is 30.1 Å². The second-order valence-electron chi connectivity index (χ2n) is 17.5. The number of amides is 2. The van der Waals surface area contributed by atoms with Gasteiger partial charge in [-0.15, -0.1) is 0 Å². The average Bonchev–Trinajstić information content (AvgIpc) is 3.71. The summed E-state index contributed by atoms with van der Waals surface area (Å²) in [7, 11) is 0. The first kappa shape index (κ1) is 37.2. The molecule has 6 aromatic rings. The molecule has 0 aliphatic heterocycles. The number of fused-ring (bicyclic) bond motifs is 3. The quantitative estimate of drug-likeness (QED) is 0.102. The zero-order chi connectivity index (χ0) is 39.5. The summed E-state index contributed by atoms with van der Waals surface area (Å²) in [6, 6.07) is 23.3. The van der Waals surface area contributed by atoms with Crippen LogP contribution in [0.25, 0.3) is 55.4 Å². The second-order valence-corrected chi connectivity index (χ2v) is 17.5. The first-order valence-corrected chi connectivity index (χ1v) is 19.6. The van der Waals surface area contributed by atoms with E-state index in [1.807, 2.05) is 47.6 Å². The molecule has 4 unspecified atom stereocenters. The van der Waals surface area contributed by atoms with Gasteiger partial charge >= 0.3 is 12.2 Å². The van der Waals surface area contributed by atoms with E-state index >= 15 is 0 Å². The van der Waals surface area contributed by atoms with E-state index in [-0.39, 0.29) is 24.3 Å². The lowest BCUT2D eigenvalue weighted by molar-refractivity contribution is 0.0510. The minimum absolute atomic E-state index is 0.0248. The molecular formula is C45H51N7O4. The van der Waals surface area contributed by atoms with Gasteiger partial charge in [-0.2, -0.15) is 0 Å². The van der Waals surface area contributed by atoms with Crippen LogP contribution in [0, 0.1) is 11.8 Å². The summed E-state index contributed by atoms with van der Waals surface area (Å²) in [5.41, 5.74) is 10.3. The molecule has 11 nitrogen and oxygen atoms in total. The number of ether oxygens (including phenoxy) is 2. The molecule has 0 radical (unpaired) electrons. The zero-order valence-corrected chi connectivity index (χ0v) is 33.5. The maximum Gasteiger partial charge on any atom is 0.408 e. The van der Waals surface area contributed by atoms with Gasteiger partial charge in [-0.1, -0.05) is 31.2 Å². The number of pyridine rings is 1. The van der Waals surface area contributed by atoms with Crippen LogP contribution in [0.15, 0.2) is 77.9 Å². The Bertz CT molecular complexity index is 2520. The zero-order valence-electron chi connectivity index (χ0n) is 33.5. The van der Waals surface area contributed by atoms with Crippen LogP contribution in [0.1, 0.15) is 79.9 Å². The summed E-state index contributed by atoms with van der Waals surface area (Å²) in [6.45, 7) is 15.5. The van der Waals surface area contributed by atoms with Crippen LogP contribution < -0.4 is 10.6 Å². The fraction of sp³-hybridized carbons (Fsp3) is 0.400. The van der Waals surface area contributed by atoms with Crippen LogP contribution in [0.4, 0.5) is 9.59 Å². The minimum Gasteiger partial charge on any atom is -0.444 e. The van der Waals surface area contributed by atoms with Crippen LogP contribution in [-0.2, 0) is 22.3 Å². The highest BCUT2D eigenvalue weighted by Crippen LogP contribution is 2.42. The number of benzene rings is 3. The molecule has 2 aliphatic rings. The van der Waals surface area contributed by atoms with Crippen molar-refractivity contribution in [3.8, 4) is 22.4 Å². The van der Waals surface area contributed by atoms with E-state index in [1.165, 1.54) is 11.1 Å². The highest BCUT2D eigenvalue weighted by molar-refractivity contribution is 5.89. The molecule has 290 valence electrons. The standard InChI is InChI=1S/C45H51N7O4/c1-24-30(40(24)51-42(53)55-44(3,4)5)13-19-38-47-34-17-10-27(22-36(34)49-38)26-9-15-32-28(21-26)11-16-33(46-32)29-12-18-35-37(23-29)50-39(48-35)20-14-31-25(2)41(31)52-43(54)56-45(6,7)8/h9-12,15-18,21-24,30,40-41H,13-14,19-20H2,1-8H3,(H,47,49)(H,48,50)(H,51,53)(H,52,54). The Morgan fingerprint density at radius 3 is 1.91 bits per heavy atom. The summed E-state index contributed by atoms with van der Waals surface area (Å²) < 4.78 is 10.9. The van der Waals surface area contributed by atoms with Crippen molar-refractivity contribution in [2.45, 2.75) is 104 Å². The molecule has 4 atom stereocenters. The van der Waals surface area contributed by atoms with E-state index in [2.05, 4.69) is 95.1 Å². The van der Waals surface area contributed by atoms with Crippen molar-refractivity contribution >= 4 is 45.2 Å². The Hall–Kier alpha value is -5.71. The number of aromatic nitrogens is 5. The molecule has 3 heterocycles.